The predicted octanol–water partition coefficient (Wildman–Crippen LogP) is 6.77. The van der Waals surface area contributed by atoms with Gasteiger partial charge in [0.2, 0.25) is 0 Å². The first-order valence-electron chi connectivity index (χ1n) is 11.3. The maximum atomic E-state index is 13.6. The molecule has 3 nitrogen and oxygen atoms in total. The van der Waals surface area contributed by atoms with Crippen molar-refractivity contribution < 1.29 is 13.6 Å². The summed E-state index contributed by atoms with van der Waals surface area (Å²) < 4.78 is 27.2. The van der Waals surface area contributed by atoms with Crippen LogP contribution in [0.3, 0.4) is 0 Å². The van der Waals surface area contributed by atoms with E-state index in [2.05, 4.69) is 17.9 Å². The summed E-state index contributed by atoms with van der Waals surface area (Å²) in [6, 6.07) is 14.8. The van der Waals surface area contributed by atoms with Crippen LogP contribution in [0, 0.1) is 18.6 Å². The van der Waals surface area contributed by atoms with Crippen molar-refractivity contribution in [2.24, 2.45) is 0 Å². The van der Waals surface area contributed by atoms with Crippen molar-refractivity contribution in [3.8, 4) is 0 Å². The minimum atomic E-state index is -0.557. The van der Waals surface area contributed by atoms with Gasteiger partial charge in [0.15, 0.2) is 0 Å². The van der Waals surface area contributed by atoms with Gasteiger partial charge in [0, 0.05) is 35.3 Å². The van der Waals surface area contributed by atoms with Gasteiger partial charge in [-0.25, -0.2) is 8.78 Å². The van der Waals surface area contributed by atoms with E-state index in [4.69, 9.17) is 23.2 Å². The molecule has 176 valence electrons. The lowest BCUT2D eigenvalue weighted by molar-refractivity contribution is 0.0975. The van der Waals surface area contributed by atoms with Gasteiger partial charge in [-0.2, -0.15) is 0 Å². The van der Waals surface area contributed by atoms with E-state index in [1.807, 2.05) is 17.0 Å². The van der Waals surface area contributed by atoms with E-state index < -0.39 is 11.6 Å². The monoisotopic (exact) mass is 500 g/mol. The topological polar surface area (TPSA) is 23.6 Å². The van der Waals surface area contributed by atoms with Crippen molar-refractivity contribution in [2.75, 3.05) is 24.5 Å². The molecule has 0 aliphatic carbocycles. The Morgan fingerprint density at radius 2 is 1.68 bits per heavy atom. The number of benzene rings is 3. The standard InChI is InChI=1S/C27H24Cl2F2N2O/c1-17-2-5-25-23(10-17)27(16-33(25)26(34)22-4-3-19(28)13-24(22)29)6-8-32(9-7-27)15-18-11-20(30)14-21(31)12-18/h2-5,10-14H,6-9,15-16H2,1H3. The molecule has 2 aliphatic rings. The molecule has 1 fully saturated rings. The van der Waals surface area contributed by atoms with Gasteiger partial charge < -0.3 is 4.90 Å². The first kappa shape index (κ1) is 23.3. The fraction of sp³-hybridized carbons (Fsp3) is 0.296. The molecule has 3 aromatic rings. The summed E-state index contributed by atoms with van der Waals surface area (Å²) in [5, 5.41) is 0.824. The van der Waals surface area contributed by atoms with Crippen LogP contribution in [-0.2, 0) is 12.0 Å². The molecule has 0 bridgehead atoms. The third-order valence-corrected chi connectivity index (χ3v) is 7.57. The smallest absolute Gasteiger partial charge is 0.259 e. The summed E-state index contributed by atoms with van der Waals surface area (Å²) in [4.78, 5) is 17.6. The summed E-state index contributed by atoms with van der Waals surface area (Å²) in [6.07, 6.45) is 1.69. The largest absolute Gasteiger partial charge is 0.307 e. The van der Waals surface area contributed by atoms with Gasteiger partial charge in [-0.3, -0.25) is 9.69 Å². The number of aryl methyl sites for hydroxylation is 1. The number of hydrogen-bond acceptors (Lipinski definition) is 2. The number of likely N-dealkylation sites (tertiary alicyclic amines) is 1. The van der Waals surface area contributed by atoms with Crippen LogP contribution in [0.5, 0.6) is 0 Å². The molecule has 0 unspecified atom stereocenters. The van der Waals surface area contributed by atoms with Crippen molar-refractivity contribution in [1.29, 1.82) is 0 Å². The summed E-state index contributed by atoms with van der Waals surface area (Å²) >= 11 is 12.4. The summed E-state index contributed by atoms with van der Waals surface area (Å²) in [5.74, 6) is -1.25. The van der Waals surface area contributed by atoms with Gasteiger partial charge in [-0.05, 0) is 80.4 Å². The van der Waals surface area contributed by atoms with E-state index in [0.29, 0.717) is 34.3 Å². The molecule has 1 saturated heterocycles. The van der Waals surface area contributed by atoms with Crippen LogP contribution >= 0.6 is 23.2 Å². The van der Waals surface area contributed by atoms with E-state index in [-0.39, 0.29) is 11.3 Å². The zero-order chi connectivity index (χ0) is 24.0. The Balaban J connectivity index is 1.40. The number of halogens is 4. The molecule has 5 rings (SSSR count). The lowest BCUT2D eigenvalue weighted by Gasteiger charge is -2.40. The predicted molar refractivity (Wildman–Crippen MR) is 132 cm³/mol. The lowest BCUT2D eigenvalue weighted by Crippen LogP contribution is -2.45. The fourth-order valence-corrected chi connectivity index (χ4v) is 5.79. The highest BCUT2D eigenvalue weighted by molar-refractivity contribution is 6.37. The first-order valence-corrected chi connectivity index (χ1v) is 12.1. The Hall–Kier alpha value is -2.47. The zero-order valence-corrected chi connectivity index (χ0v) is 20.3. The van der Waals surface area contributed by atoms with Crippen LogP contribution in [0.1, 0.15) is 39.9 Å². The van der Waals surface area contributed by atoms with Crippen LogP contribution in [0.15, 0.2) is 54.6 Å². The number of rotatable bonds is 3. The number of nitrogens with zero attached hydrogens (tertiary/aromatic N) is 2. The van der Waals surface area contributed by atoms with Crippen LogP contribution in [0.25, 0.3) is 0 Å². The number of piperidine rings is 1. The summed E-state index contributed by atoms with van der Waals surface area (Å²) in [7, 11) is 0. The molecule has 1 amide bonds. The Kier molecular flexibility index (Phi) is 6.13. The van der Waals surface area contributed by atoms with Crippen LogP contribution in [-0.4, -0.2) is 30.4 Å². The van der Waals surface area contributed by atoms with E-state index in [1.165, 1.54) is 17.7 Å². The average molecular weight is 501 g/mol. The minimum Gasteiger partial charge on any atom is -0.307 e. The van der Waals surface area contributed by atoms with Crippen molar-refractivity contribution in [1.82, 2.24) is 4.90 Å². The Morgan fingerprint density at radius 1 is 0.971 bits per heavy atom. The van der Waals surface area contributed by atoms with Crippen molar-refractivity contribution in [2.45, 2.75) is 31.7 Å². The number of fused-ring (bicyclic) bond motifs is 2. The van der Waals surface area contributed by atoms with Gasteiger partial charge in [-0.15, -0.1) is 0 Å². The van der Waals surface area contributed by atoms with Gasteiger partial charge in [0.25, 0.3) is 5.91 Å². The van der Waals surface area contributed by atoms with Crippen molar-refractivity contribution in [3.05, 3.63) is 98.5 Å². The zero-order valence-electron chi connectivity index (χ0n) is 18.8. The highest BCUT2D eigenvalue weighted by atomic mass is 35.5. The number of hydrogen-bond donors (Lipinski definition) is 0. The normalized spacial score (nSPS) is 17.3. The number of amides is 1. The van der Waals surface area contributed by atoms with E-state index in [0.717, 1.165) is 43.2 Å². The van der Waals surface area contributed by atoms with Gasteiger partial charge in [0.1, 0.15) is 11.6 Å². The molecule has 0 atom stereocenters. The maximum absolute atomic E-state index is 13.6. The first-order chi connectivity index (χ1) is 16.2. The van der Waals surface area contributed by atoms with E-state index in [1.54, 1.807) is 18.2 Å². The van der Waals surface area contributed by atoms with E-state index >= 15 is 0 Å². The third kappa shape index (κ3) is 4.33. The highest BCUT2D eigenvalue weighted by Gasteiger charge is 2.46. The summed E-state index contributed by atoms with van der Waals surface area (Å²) in [6.45, 7) is 4.67. The molecule has 0 saturated carbocycles. The molecule has 1 spiro atoms. The molecule has 2 heterocycles. The molecular weight excluding hydrogens is 477 g/mol. The number of carbonyl (C=O) groups is 1. The highest BCUT2D eigenvalue weighted by Crippen LogP contribution is 2.48. The second kappa shape index (κ2) is 8.95. The minimum absolute atomic E-state index is 0.138. The number of anilines is 1. The van der Waals surface area contributed by atoms with Crippen molar-refractivity contribution in [3.63, 3.8) is 0 Å². The molecule has 2 aliphatic heterocycles. The lowest BCUT2D eigenvalue weighted by atomic mass is 9.74. The van der Waals surface area contributed by atoms with Crippen LogP contribution in [0.2, 0.25) is 10.0 Å². The van der Waals surface area contributed by atoms with Gasteiger partial charge >= 0.3 is 0 Å². The molecular formula is C27H24Cl2F2N2O. The average Bonchev–Trinajstić information content (AvgIpc) is 3.08. The summed E-state index contributed by atoms with van der Waals surface area (Å²) in [5.41, 5.74) is 4.14. The second-order valence-electron chi connectivity index (χ2n) is 9.37. The van der Waals surface area contributed by atoms with Gasteiger partial charge in [-0.1, -0.05) is 40.9 Å². The van der Waals surface area contributed by atoms with Crippen LogP contribution < -0.4 is 4.90 Å². The molecule has 3 aromatic carbocycles. The SMILES string of the molecule is Cc1ccc2c(c1)C1(CCN(Cc3cc(F)cc(F)c3)CC1)CN2C(=O)c1ccc(Cl)cc1Cl. The molecule has 0 radical (unpaired) electrons. The van der Waals surface area contributed by atoms with Crippen molar-refractivity contribution >= 4 is 34.8 Å². The molecule has 0 aromatic heterocycles. The second-order valence-corrected chi connectivity index (χ2v) is 10.2. The maximum Gasteiger partial charge on any atom is 0.259 e. The quantitative estimate of drug-likeness (QED) is 0.395. The Bertz CT molecular complexity index is 1250. The van der Waals surface area contributed by atoms with E-state index in [9.17, 15) is 13.6 Å². The number of carbonyl (C=O) groups excluding carboxylic acids is 1. The molecule has 7 heteroatoms. The Morgan fingerprint density at radius 3 is 2.35 bits per heavy atom. The fourth-order valence-electron chi connectivity index (χ4n) is 5.30. The van der Waals surface area contributed by atoms with Gasteiger partial charge in [0.05, 0.1) is 10.6 Å². The molecule has 0 N–H and O–H groups in total. The third-order valence-electron chi connectivity index (χ3n) is 7.02. The van der Waals surface area contributed by atoms with Crippen LogP contribution in [0.4, 0.5) is 14.5 Å². The molecule has 34 heavy (non-hydrogen) atoms. The Labute approximate surface area is 207 Å².